The molecule has 1 saturated heterocycles. The Kier molecular flexibility index (Phi) is 5.99. The topological polar surface area (TPSA) is 28.2 Å². The number of likely N-dealkylation sites (N-methyl/N-ethyl adjacent to an activating group) is 1. The largest absolute Gasteiger partial charge is 0.316 e. The molecule has 6 heteroatoms. The van der Waals surface area contributed by atoms with E-state index in [1.54, 1.807) is 22.7 Å². The first kappa shape index (κ1) is 15.9. The molecule has 0 amide bonds. The third kappa shape index (κ3) is 3.80. The van der Waals surface area contributed by atoms with Gasteiger partial charge in [-0.25, -0.2) is 4.98 Å². The lowest BCUT2D eigenvalue weighted by atomic mass is 10.1. The highest BCUT2D eigenvalue weighted by Gasteiger charge is 2.19. The average molecular weight is 330 g/mol. The number of likely N-dealkylation sites (tertiary alicyclic amines) is 1. The van der Waals surface area contributed by atoms with Gasteiger partial charge in [0.1, 0.15) is 5.01 Å². The van der Waals surface area contributed by atoms with Crippen LogP contribution in [0.4, 0.5) is 0 Å². The number of piperidine rings is 1. The number of thiophene rings is 1. The van der Waals surface area contributed by atoms with Crippen molar-refractivity contribution in [2.75, 3.05) is 20.1 Å². The fraction of sp³-hybridized carbons (Fsp3) is 0.500. The number of halogens is 1. The van der Waals surface area contributed by atoms with Gasteiger partial charge in [0, 0.05) is 35.5 Å². The highest BCUT2D eigenvalue weighted by atomic mass is 35.5. The number of hydrogen-bond acceptors (Lipinski definition) is 5. The Morgan fingerprint density at radius 2 is 2.35 bits per heavy atom. The first-order valence-corrected chi connectivity index (χ1v) is 8.54. The van der Waals surface area contributed by atoms with Crippen molar-refractivity contribution in [2.24, 2.45) is 0 Å². The van der Waals surface area contributed by atoms with E-state index >= 15 is 0 Å². The van der Waals surface area contributed by atoms with Crippen LogP contribution in [-0.2, 0) is 6.54 Å². The summed E-state index contributed by atoms with van der Waals surface area (Å²) in [6.45, 7) is 3.32. The Hall–Kier alpha value is -0.460. The van der Waals surface area contributed by atoms with Gasteiger partial charge in [-0.3, -0.25) is 4.90 Å². The molecule has 20 heavy (non-hydrogen) atoms. The van der Waals surface area contributed by atoms with Gasteiger partial charge in [0.15, 0.2) is 0 Å². The maximum absolute atomic E-state index is 4.76. The maximum Gasteiger partial charge on any atom is 0.124 e. The lowest BCUT2D eigenvalue weighted by Crippen LogP contribution is -2.43. The Labute approximate surface area is 134 Å². The second-order valence-corrected chi connectivity index (χ2v) is 6.66. The Morgan fingerprint density at radius 3 is 3.10 bits per heavy atom. The van der Waals surface area contributed by atoms with Crippen LogP contribution in [0.15, 0.2) is 22.2 Å². The van der Waals surface area contributed by atoms with E-state index in [2.05, 4.69) is 39.5 Å². The molecular weight excluding hydrogens is 310 g/mol. The highest BCUT2D eigenvalue weighted by Crippen LogP contribution is 2.26. The van der Waals surface area contributed by atoms with Crippen LogP contribution in [0, 0.1) is 0 Å². The first-order chi connectivity index (χ1) is 9.35. The van der Waals surface area contributed by atoms with Crippen molar-refractivity contribution in [2.45, 2.75) is 25.4 Å². The van der Waals surface area contributed by atoms with Crippen LogP contribution in [0.5, 0.6) is 0 Å². The van der Waals surface area contributed by atoms with Crippen molar-refractivity contribution in [1.82, 2.24) is 15.2 Å². The zero-order valence-electron chi connectivity index (χ0n) is 11.5. The highest BCUT2D eigenvalue weighted by molar-refractivity contribution is 7.14. The summed E-state index contributed by atoms with van der Waals surface area (Å²) in [5.41, 5.74) is 2.47. The van der Waals surface area contributed by atoms with Crippen LogP contribution in [0.2, 0.25) is 0 Å². The summed E-state index contributed by atoms with van der Waals surface area (Å²) in [6, 6.07) is 2.79. The molecule has 0 spiro atoms. The van der Waals surface area contributed by atoms with Gasteiger partial charge < -0.3 is 5.32 Å². The van der Waals surface area contributed by atoms with E-state index in [1.165, 1.54) is 30.6 Å². The number of hydrogen-bond donors (Lipinski definition) is 1. The molecular formula is C14H20ClN3S2. The number of thiazole rings is 1. The fourth-order valence-electron chi connectivity index (χ4n) is 2.56. The normalized spacial score (nSPS) is 19.8. The lowest BCUT2D eigenvalue weighted by molar-refractivity contribution is 0.186. The van der Waals surface area contributed by atoms with Crippen molar-refractivity contribution >= 4 is 35.1 Å². The molecule has 2 aromatic rings. The molecule has 0 aliphatic carbocycles. The van der Waals surface area contributed by atoms with Crippen LogP contribution in [0.3, 0.4) is 0 Å². The zero-order chi connectivity index (χ0) is 13.1. The van der Waals surface area contributed by atoms with Gasteiger partial charge in [0.2, 0.25) is 0 Å². The summed E-state index contributed by atoms with van der Waals surface area (Å²) in [5, 5.41) is 11.0. The number of nitrogens with zero attached hydrogens (tertiary/aromatic N) is 2. The molecule has 2 aromatic heterocycles. The van der Waals surface area contributed by atoms with E-state index in [4.69, 9.17) is 4.98 Å². The molecule has 1 fully saturated rings. The van der Waals surface area contributed by atoms with Crippen molar-refractivity contribution in [3.63, 3.8) is 0 Å². The van der Waals surface area contributed by atoms with E-state index in [-0.39, 0.29) is 12.4 Å². The number of aromatic nitrogens is 1. The van der Waals surface area contributed by atoms with Crippen LogP contribution in [-0.4, -0.2) is 36.1 Å². The Balaban J connectivity index is 0.00000147. The average Bonchev–Trinajstić information content (AvgIpc) is 3.09. The summed E-state index contributed by atoms with van der Waals surface area (Å²) in [5.74, 6) is 0. The molecule has 3 nitrogen and oxygen atoms in total. The Morgan fingerprint density at radius 1 is 1.45 bits per heavy atom. The standard InChI is InChI=1S/C14H19N3S2.ClH/c1-15-12-3-2-5-17(7-12)8-13-10-19-14(16-13)11-4-6-18-9-11;/h4,6,9-10,12,15H,2-3,5,7-8H2,1H3;1H. The minimum absolute atomic E-state index is 0. The molecule has 1 unspecified atom stereocenters. The van der Waals surface area contributed by atoms with Crippen molar-refractivity contribution in [3.8, 4) is 10.6 Å². The van der Waals surface area contributed by atoms with Crippen molar-refractivity contribution in [1.29, 1.82) is 0 Å². The molecule has 0 radical (unpaired) electrons. The SMILES string of the molecule is CNC1CCCN(Cc2csc(-c3ccsc3)n2)C1.Cl. The minimum atomic E-state index is 0. The summed E-state index contributed by atoms with van der Waals surface area (Å²) in [4.78, 5) is 7.27. The molecule has 1 N–H and O–H groups in total. The molecule has 1 atom stereocenters. The molecule has 0 bridgehead atoms. The lowest BCUT2D eigenvalue weighted by Gasteiger charge is -2.31. The van der Waals surface area contributed by atoms with E-state index in [1.807, 2.05) is 0 Å². The van der Waals surface area contributed by atoms with Gasteiger partial charge in [-0.15, -0.1) is 23.7 Å². The van der Waals surface area contributed by atoms with E-state index in [0.717, 1.165) is 18.1 Å². The predicted octanol–water partition coefficient (Wildman–Crippen LogP) is 3.48. The molecule has 0 saturated carbocycles. The third-order valence-electron chi connectivity index (χ3n) is 3.62. The second-order valence-electron chi connectivity index (χ2n) is 5.02. The monoisotopic (exact) mass is 329 g/mol. The fourth-order valence-corrected chi connectivity index (χ4v) is 4.09. The van der Waals surface area contributed by atoms with Crippen molar-refractivity contribution < 1.29 is 0 Å². The maximum atomic E-state index is 4.76. The van der Waals surface area contributed by atoms with Gasteiger partial charge in [0.25, 0.3) is 0 Å². The van der Waals surface area contributed by atoms with Gasteiger partial charge >= 0.3 is 0 Å². The number of rotatable bonds is 4. The first-order valence-electron chi connectivity index (χ1n) is 6.72. The summed E-state index contributed by atoms with van der Waals surface area (Å²) in [7, 11) is 2.06. The van der Waals surface area contributed by atoms with Crippen LogP contribution < -0.4 is 5.32 Å². The van der Waals surface area contributed by atoms with Crippen LogP contribution in [0.25, 0.3) is 10.6 Å². The molecule has 110 valence electrons. The van der Waals surface area contributed by atoms with E-state index < -0.39 is 0 Å². The summed E-state index contributed by atoms with van der Waals surface area (Å²) < 4.78 is 0. The Bertz CT molecular complexity index is 512. The molecule has 1 aliphatic rings. The molecule has 3 heterocycles. The van der Waals surface area contributed by atoms with E-state index in [9.17, 15) is 0 Å². The van der Waals surface area contributed by atoms with Gasteiger partial charge in [-0.05, 0) is 37.9 Å². The summed E-state index contributed by atoms with van der Waals surface area (Å²) >= 11 is 3.49. The molecule has 3 rings (SSSR count). The smallest absolute Gasteiger partial charge is 0.124 e. The van der Waals surface area contributed by atoms with Gasteiger partial charge in [0.05, 0.1) is 5.69 Å². The molecule has 1 aliphatic heterocycles. The van der Waals surface area contributed by atoms with Crippen molar-refractivity contribution in [3.05, 3.63) is 27.9 Å². The minimum Gasteiger partial charge on any atom is -0.316 e. The van der Waals surface area contributed by atoms with Crippen LogP contribution in [0.1, 0.15) is 18.5 Å². The third-order valence-corrected chi connectivity index (χ3v) is 5.24. The quantitative estimate of drug-likeness (QED) is 0.930. The number of nitrogens with one attached hydrogen (secondary N) is 1. The summed E-state index contributed by atoms with van der Waals surface area (Å²) in [6.07, 6.45) is 2.58. The van der Waals surface area contributed by atoms with Gasteiger partial charge in [-0.2, -0.15) is 11.3 Å². The predicted molar refractivity (Wildman–Crippen MR) is 90.0 cm³/mol. The van der Waals surface area contributed by atoms with E-state index in [0.29, 0.717) is 6.04 Å². The zero-order valence-corrected chi connectivity index (χ0v) is 14.0. The second kappa shape index (κ2) is 7.52. The molecule has 0 aromatic carbocycles. The van der Waals surface area contributed by atoms with Crippen LogP contribution >= 0.6 is 35.1 Å². The van der Waals surface area contributed by atoms with Gasteiger partial charge in [-0.1, -0.05) is 0 Å².